The van der Waals surface area contributed by atoms with Gasteiger partial charge in [0.15, 0.2) is 5.82 Å². The molecule has 0 aliphatic carbocycles. The van der Waals surface area contributed by atoms with E-state index >= 15 is 0 Å². The molecular formula is C24H14Br2F8N2O. The van der Waals surface area contributed by atoms with Gasteiger partial charge in [-0.3, -0.25) is 15.6 Å². The first-order chi connectivity index (χ1) is 17.2. The molecule has 0 radical (unpaired) electrons. The Balaban J connectivity index is 1.99. The van der Waals surface area contributed by atoms with Gasteiger partial charge in [0, 0.05) is 5.56 Å². The second kappa shape index (κ2) is 11.2. The van der Waals surface area contributed by atoms with Crippen molar-refractivity contribution in [2.24, 2.45) is 0 Å². The molecule has 1 unspecified atom stereocenters. The molecule has 0 aliphatic rings. The van der Waals surface area contributed by atoms with E-state index in [0.717, 1.165) is 18.2 Å². The smallest absolute Gasteiger partial charge is 0.298 e. The predicted octanol–water partition coefficient (Wildman–Crippen LogP) is 8.78. The average Bonchev–Trinajstić information content (AvgIpc) is 2.83. The van der Waals surface area contributed by atoms with E-state index in [9.17, 15) is 39.9 Å². The molecular weight excluding hydrogens is 644 g/mol. The number of alkyl halides is 6. The van der Waals surface area contributed by atoms with E-state index in [0.29, 0.717) is 11.8 Å². The van der Waals surface area contributed by atoms with Gasteiger partial charge < -0.3 is 0 Å². The number of carbonyl (C=O) groups is 1. The van der Waals surface area contributed by atoms with Crippen molar-refractivity contribution in [2.75, 3.05) is 5.43 Å². The summed E-state index contributed by atoms with van der Waals surface area (Å²) in [5.74, 6) is -6.34. The number of anilines is 1. The Morgan fingerprint density at radius 1 is 0.892 bits per heavy atom. The SMILES string of the molecule is O=C(NNc1ccccc1)c1ccc(/C(F)=C/C(c2cc(Br)c(F)c(Br)c2)C(F)(F)F)cc1C(F)(F)F. The molecule has 2 N–H and O–H groups in total. The number of allylic oxidation sites excluding steroid dienone is 1. The molecule has 1 amide bonds. The summed E-state index contributed by atoms with van der Waals surface area (Å²) in [5, 5.41) is 0. The van der Waals surface area contributed by atoms with Gasteiger partial charge in [-0.15, -0.1) is 0 Å². The van der Waals surface area contributed by atoms with Crippen molar-refractivity contribution in [1.82, 2.24) is 5.43 Å². The number of hydrazine groups is 1. The summed E-state index contributed by atoms with van der Waals surface area (Å²) in [6.45, 7) is 0. The molecule has 0 bridgehead atoms. The summed E-state index contributed by atoms with van der Waals surface area (Å²) in [6.07, 6.45) is -10.1. The second-order valence-corrected chi connectivity index (χ2v) is 9.24. The third-order valence-electron chi connectivity index (χ3n) is 4.97. The van der Waals surface area contributed by atoms with E-state index in [1.54, 1.807) is 18.2 Å². The molecule has 0 saturated heterocycles. The van der Waals surface area contributed by atoms with Crippen molar-refractivity contribution in [3.8, 4) is 0 Å². The normalized spacial score (nSPS) is 13.3. The highest BCUT2D eigenvalue weighted by Crippen LogP contribution is 2.41. The maximum absolute atomic E-state index is 14.9. The molecule has 13 heteroatoms. The van der Waals surface area contributed by atoms with Gasteiger partial charge in [0.25, 0.3) is 5.91 Å². The molecule has 0 saturated carbocycles. The van der Waals surface area contributed by atoms with E-state index in [1.807, 2.05) is 0 Å². The Hall–Kier alpha value is -2.93. The van der Waals surface area contributed by atoms with Gasteiger partial charge in [-0.05, 0) is 79.9 Å². The lowest BCUT2D eigenvalue weighted by molar-refractivity contribution is -0.140. The molecule has 3 nitrogen and oxygen atoms in total. The van der Waals surface area contributed by atoms with Crippen LogP contribution in [0.4, 0.5) is 40.8 Å². The number of halogens is 10. The van der Waals surface area contributed by atoms with Crippen LogP contribution in [0.1, 0.15) is 33.0 Å². The van der Waals surface area contributed by atoms with Crippen molar-refractivity contribution in [2.45, 2.75) is 18.3 Å². The molecule has 0 heterocycles. The minimum atomic E-state index is -5.13. The van der Waals surface area contributed by atoms with Crippen LogP contribution in [-0.4, -0.2) is 12.1 Å². The fourth-order valence-corrected chi connectivity index (χ4v) is 4.44. The van der Waals surface area contributed by atoms with E-state index in [2.05, 4.69) is 42.7 Å². The Kier molecular flexibility index (Phi) is 8.68. The van der Waals surface area contributed by atoms with Crippen molar-refractivity contribution < 1.29 is 39.9 Å². The minimum absolute atomic E-state index is 0.0817. The largest absolute Gasteiger partial charge is 0.417 e. The van der Waals surface area contributed by atoms with Gasteiger partial charge in [0.05, 0.1) is 25.8 Å². The monoisotopic (exact) mass is 656 g/mol. The van der Waals surface area contributed by atoms with E-state index < -0.39 is 58.1 Å². The first-order valence-electron chi connectivity index (χ1n) is 10.1. The zero-order valence-electron chi connectivity index (χ0n) is 18.1. The van der Waals surface area contributed by atoms with E-state index in [4.69, 9.17) is 0 Å². The van der Waals surface area contributed by atoms with E-state index in [-0.39, 0.29) is 21.1 Å². The third kappa shape index (κ3) is 7.10. The third-order valence-corrected chi connectivity index (χ3v) is 6.12. The van der Waals surface area contributed by atoms with Gasteiger partial charge in [-0.1, -0.05) is 24.3 Å². The number of amides is 1. The number of nitrogens with one attached hydrogen (secondary N) is 2. The quantitative estimate of drug-likeness (QED) is 0.158. The van der Waals surface area contributed by atoms with Crippen LogP contribution >= 0.6 is 31.9 Å². The van der Waals surface area contributed by atoms with Crippen LogP contribution in [0.2, 0.25) is 0 Å². The minimum Gasteiger partial charge on any atom is -0.298 e. The molecule has 3 rings (SSSR count). The van der Waals surface area contributed by atoms with Crippen LogP contribution in [0.25, 0.3) is 5.83 Å². The molecule has 3 aromatic carbocycles. The zero-order valence-corrected chi connectivity index (χ0v) is 21.3. The number of hydrogen-bond donors (Lipinski definition) is 2. The zero-order chi connectivity index (χ0) is 27.5. The summed E-state index contributed by atoms with van der Waals surface area (Å²) in [6, 6.07) is 11.2. The summed E-state index contributed by atoms with van der Waals surface area (Å²) in [4.78, 5) is 12.4. The fourth-order valence-electron chi connectivity index (χ4n) is 3.22. The summed E-state index contributed by atoms with van der Waals surface area (Å²) in [5.41, 5.74) is 1.02. The van der Waals surface area contributed by atoms with Gasteiger partial charge >= 0.3 is 12.4 Å². The highest BCUT2D eigenvalue weighted by Gasteiger charge is 2.41. The Labute approximate surface area is 221 Å². The molecule has 0 aliphatic heterocycles. The maximum atomic E-state index is 14.9. The standard InChI is InChI=1S/C24H14Br2F8N2O/c25-18-9-13(10-19(26)21(18)28)16(23(29,30)31)11-20(27)12-6-7-15(17(8-12)24(32,33)34)22(37)36-35-14-4-2-1-3-5-14/h1-11,16,35H,(H,36,37)/b20-11-. The van der Waals surface area contributed by atoms with Crippen LogP contribution in [0.15, 0.2) is 75.7 Å². The number of rotatable bonds is 6. The number of carbonyl (C=O) groups excluding carboxylic acids is 1. The lowest BCUT2D eigenvalue weighted by Gasteiger charge is -2.19. The van der Waals surface area contributed by atoms with Crippen molar-refractivity contribution in [1.29, 1.82) is 0 Å². The lowest BCUT2D eigenvalue weighted by Crippen LogP contribution is -2.31. The second-order valence-electron chi connectivity index (χ2n) is 7.54. The molecule has 0 fully saturated rings. The van der Waals surface area contributed by atoms with Crippen LogP contribution in [0.3, 0.4) is 0 Å². The Morgan fingerprint density at radius 3 is 2.03 bits per heavy atom. The molecule has 3 aromatic rings. The number of para-hydroxylation sites is 1. The number of benzene rings is 3. The fraction of sp³-hybridized carbons (Fsp3) is 0.125. The summed E-state index contributed by atoms with van der Waals surface area (Å²) in [7, 11) is 0. The Morgan fingerprint density at radius 2 is 1.49 bits per heavy atom. The summed E-state index contributed by atoms with van der Waals surface area (Å²) >= 11 is 5.54. The van der Waals surface area contributed by atoms with Gasteiger partial charge in [0.1, 0.15) is 11.7 Å². The highest BCUT2D eigenvalue weighted by molar-refractivity contribution is 9.11. The van der Waals surface area contributed by atoms with Crippen molar-refractivity contribution >= 4 is 49.3 Å². The number of hydrogen-bond acceptors (Lipinski definition) is 2. The first-order valence-corrected chi connectivity index (χ1v) is 11.7. The topological polar surface area (TPSA) is 41.1 Å². The molecule has 0 aromatic heterocycles. The Bertz CT molecular complexity index is 1300. The van der Waals surface area contributed by atoms with Crippen LogP contribution in [-0.2, 0) is 6.18 Å². The van der Waals surface area contributed by atoms with Gasteiger partial charge in [-0.2, -0.15) is 26.3 Å². The molecule has 0 spiro atoms. The van der Waals surface area contributed by atoms with Crippen LogP contribution in [0.5, 0.6) is 0 Å². The molecule has 37 heavy (non-hydrogen) atoms. The van der Waals surface area contributed by atoms with Crippen LogP contribution < -0.4 is 10.9 Å². The summed E-state index contributed by atoms with van der Waals surface area (Å²) < 4.78 is 110. The first kappa shape index (κ1) is 28.6. The van der Waals surface area contributed by atoms with Crippen LogP contribution in [0, 0.1) is 5.82 Å². The molecule has 196 valence electrons. The van der Waals surface area contributed by atoms with Crippen molar-refractivity contribution in [3.05, 3.63) is 104 Å². The van der Waals surface area contributed by atoms with Gasteiger partial charge in [-0.25, -0.2) is 8.78 Å². The van der Waals surface area contributed by atoms with Gasteiger partial charge in [0.2, 0.25) is 0 Å². The average molecular weight is 658 g/mol. The predicted molar refractivity (Wildman–Crippen MR) is 129 cm³/mol. The highest BCUT2D eigenvalue weighted by atomic mass is 79.9. The lowest BCUT2D eigenvalue weighted by atomic mass is 9.95. The maximum Gasteiger partial charge on any atom is 0.417 e. The van der Waals surface area contributed by atoms with E-state index in [1.165, 1.54) is 12.1 Å². The molecule has 1 atom stereocenters. The van der Waals surface area contributed by atoms with Crippen molar-refractivity contribution in [3.63, 3.8) is 0 Å².